The molecule has 0 aliphatic carbocycles. The molecule has 1 aromatic rings. The van der Waals surface area contributed by atoms with E-state index >= 15 is 0 Å². The van der Waals surface area contributed by atoms with E-state index in [2.05, 4.69) is 6.58 Å². The highest BCUT2D eigenvalue weighted by Gasteiger charge is 1.93. The van der Waals surface area contributed by atoms with Crippen LogP contribution in [-0.4, -0.2) is 0 Å². The molecule has 0 radical (unpaired) electrons. The molecule has 1 heteroatoms. The summed E-state index contributed by atoms with van der Waals surface area (Å²) in [6.45, 7) is 6.20. The molecule has 78 valence electrons. The van der Waals surface area contributed by atoms with Crippen LogP contribution in [0.25, 0.3) is 0 Å². The lowest BCUT2D eigenvalue weighted by molar-refractivity contribution is 0.211. The number of benzene rings is 1. The molecule has 0 atom stereocenters. The molecular weight excluding hydrogens is 184 g/mol. The molecule has 0 heterocycles. The van der Waals surface area contributed by atoms with E-state index in [9.17, 15) is 0 Å². The van der Waals surface area contributed by atoms with Crippen LogP contribution in [0.5, 0.6) is 0 Å². The predicted molar refractivity (Wildman–Crippen MR) is 64.3 cm³/mol. The van der Waals surface area contributed by atoms with Gasteiger partial charge >= 0.3 is 0 Å². The maximum Gasteiger partial charge on any atom is 0.119 e. The molecule has 15 heavy (non-hydrogen) atoms. The largest absolute Gasteiger partial charge is 0.489 e. The highest BCUT2D eigenvalue weighted by Crippen LogP contribution is 2.07. The van der Waals surface area contributed by atoms with Gasteiger partial charge in [-0.15, -0.1) is 0 Å². The van der Waals surface area contributed by atoms with Gasteiger partial charge in [0, 0.05) is 0 Å². The van der Waals surface area contributed by atoms with Crippen LogP contribution < -0.4 is 0 Å². The van der Waals surface area contributed by atoms with Crippen LogP contribution in [-0.2, 0) is 11.3 Å². The molecule has 0 aliphatic rings. The minimum Gasteiger partial charge on any atom is -0.489 e. The van der Waals surface area contributed by atoms with E-state index in [1.807, 2.05) is 55.5 Å². The third kappa shape index (κ3) is 4.32. The highest BCUT2D eigenvalue weighted by atomic mass is 16.5. The molecule has 1 rings (SSSR count). The van der Waals surface area contributed by atoms with Crippen LogP contribution >= 0.6 is 0 Å². The minimum absolute atomic E-state index is 0.588. The van der Waals surface area contributed by atoms with Crippen LogP contribution in [0.3, 0.4) is 0 Å². The van der Waals surface area contributed by atoms with Crippen molar-refractivity contribution in [3.8, 4) is 0 Å². The molecule has 0 bridgehead atoms. The van der Waals surface area contributed by atoms with E-state index in [4.69, 9.17) is 4.74 Å². The Morgan fingerprint density at radius 3 is 2.67 bits per heavy atom. The minimum atomic E-state index is 0.588. The van der Waals surface area contributed by atoms with Crippen molar-refractivity contribution >= 4 is 0 Å². The van der Waals surface area contributed by atoms with Gasteiger partial charge in [0.05, 0.1) is 0 Å². The van der Waals surface area contributed by atoms with Gasteiger partial charge < -0.3 is 4.74 Å². The zero-order valence-electron chi connectivity index (χ0n) is 9.02. The average molecular weight is 200 g/mol. The fraction of sp³-hybridized carbons (Fsp3) is 0.143. The molecule has 0 saturated heterocycles. The molecule has 0 amide bonds. The molecule has 0 N–H and O–H groups in total. The summed E-state index contributed by atoms with van der Waals surface area (Å²) in [7, 11) is 0. The van der Waals surface area contributed by atoms with Crippen molar-refractivity contribution in [2.75, 3.05) is 0 Å². The van der Waals surface area contributed by atoms with Gasteiger partial charge in [-0.3, -0.25) is 0 Å². The van der Waals surface area contributed by atoms with Crippen molar-refractivity contribution in [3.63, 3.8) is 0 Å². The second-order valence-electron chi connectivity index (χ2n) is 3.08. The second-order valence-corrected chi connectivity index (χ2v) is 3.08. The maximum atomic E-state index is 5.61. The van der Waals surface area contributed by atoms with Gasteiger partial charge in [-0.25, -0.2) is 0 Å². The van der Waals surface area contributed by atoms with Gasteiger partial charge in [0.1, 0.15) is 12.4 Å². The van der Waals surface area contributed by atoms with E-state index in [0.717, 1.165) is 11.3 Å². The number of rotatable bonds is 5. The van der Waals surface area contributed by atoms with Crippen molar-refractivity contribution in [3.05, 3.63) is 72.5 Å². The van der Waals surface area contributed by atoms with Crippen molar-refractivity contribution < 1.29 is 4.74 Å². The summed E-state index contributed by atoms with van der Waals surface area (Å²) < 4.78 is 5.61. The Morgan fingerprint density at radius 1 is 1.33 bits per heavy atom. The quantitative estimate of drug-likeness (QED) is 0.518. The molecular formula is C14H16O. The van der Waals surface area contributed by atoms with Crippen molar-refractivity contribution in [1.29, 1.82) is 0 Å². The number of allylic oxidation sites excluding steroid dienone is 4. The smallest absolute Gasteiger partial charge is 0.119 e. The summed E-state index contributed by atoms with van der Waals surface area (Å²) in [6.07, 6.45) is 7.44. The zero-order valence-corrected chi connectivity index (χ0v) is 9.02. The van der Waals surface area contributed by atoms with Crippen LogP contribution in [0.15, 0.2) is 67.0 Å². The highest BCUT2D eigenvalue weighted by molar-refractivity contribution is 5.18. The number of ether oxygens (including phenoxy) is 1. The first-order chi connectivity index (χ1) is 7.36. The van der Waals surface area contributed by atoms with Crippen LogP contribution in [0.1, 0.15) is 12.5 Å². The third-order valence-electron chi connectivity index (χ3n) is 1.86. The Morgan fingerprint density at radius 2 is 2.07 bits per heavy atom. The second kappa shape index (κ2) is 6.66. The van der Waals surface area contributed by atoms with E-state index in [-0.39, 0.29) is 0 Å². The van der Waals surface area contributed by atoms with Gasteiger partial charge in [-0.05, 0) is 24.6 Å². The fourth-order valence-electron chi connectivity index (χ4n) is 1.17. The first kappa shape index (κ1) is 11.3. The fourth-order valence-corrected chi connectivity index (χ4v) is 1.17. The zero-order chi connectivity index (χ0) is 10.9. The summed E-state index contributed by atoms with van der Waals surface area (Å²) in [6, 6.07) is 10.1. The Balaban J connectivity index is 2.55. The van der Waals surface area contributed by atoms with Gasteiger partial charge in [0.15, 0.2) is 0 Å². The molecule has 1 aromatic carbocycles. The van der Waals surface area contributed by atoms with Crippen molar-refractivity contribution in [1.82, 2.24) is 0 Å². The lowest BCUT2D eigenvalue weighted by Crippen LogP contribution is -1.91. The molecule has 0 fully saturated rings. The lowest BCUT2D eigenvalue weighted by Gasteiger charge is -2.06. The van der Waals surface area contributed by atoms with Crippen LogP contribution in [0, 0.1) is 0 Å². The lowest BCUT2D eigenvalue weighted by atomic mass is 10.2. The van der Waals surface area contributed by atoms with E-state index in [1.165, 1.54) is 0 Å². The first-order valence-corrected chi connectivity index (χ1v) is 4.99. The Hall–Kier alpha value is -1.76. The number of hydrogen-bond donors (Lipinski definition) is 0. The first-order valence-electron chi connectivity index (χ1n) is 4.99. The Labute approximate surface area is 91.4 Å². The van der Waals surface area contributed by atoms with Crippen LogP contribution in [0.4, 0.5) is 0 Å². The standard InChI is InChI=1S/C14H16O/c1-3-8-14(9-4-2)15-12-13-10-6-5-7-11-13/h3-11H,1,12H2,2H3/b9-4-,14-8+. The van der Waals surface area contributed by atoms with Gasteiger partial charge in [0.25, 0.3) is 0 Å². The Bertz CT molecular complexity index is 347. The number of hydrogen-bond acceptors (Lipinski definition) is 1. The summed E-state index contributed by atoms with van der Waals surface area (Å²) in [5.41, 5.74) is 1.16. The van der Waals surface area contributed by atoms with Gasteiger partial charge in [-0.2, -0.15) is 0 Å². The predicted octanol–water partition coefficient (Wildman–Crippen LogP) is 3.85. The van der Waals surface area contributed by atoms with E-state index < -0.39 is 0 Å². The summed E-state index contributed by atoms with van der Waals surface area (Å²) >= 11 is 0. The van der Waals surface area contributed by atoms with Crippen molar-refractivity contribution in [2.24, 2.45) is 0 Å². The maximum absolute atomic E-state index is 5.61. The molecule has 0 aromatic heterocycles. The molecule has 0 unspecified atom stereocenters. The van der Waals surface area contributed by atoms with Crippen molar-refractivity contribution in [2.45, 2.75) is 13.5 Å². The third-order valence-corrected chi connectivity index (χ3v) is 1.86. The molecule has 0 spiro atoms. The normalized spacial score (nSPS) is 11.7. The monoisotopic (exact) mass is 200 g/mol. The molecule has 1 nitrogen and oxygen atoms in total. The topological polar surface area (TPSA) is 9.23 Å². The van der Waals surface area contributed by atoms with Gasteiger partial charge in [0.2, 0.25) is 0 Å². The SMILES string of the molecule is C=C/C=C(\C=C/C)OCc1ccccc1. The average Bonchev–Trinajstić information content (AvgIpc) is 2.28. The van der Waals surface area contributed by atoms with Gasteiger partial charge in [-0.1, -0.05) is 49.1 Å². The molecule has 0 saturated carbocycles. The van der Waals surface area contributed by atoms with E-state index in [1.54, 1.807) is 6.08 Å². The summed E-state index contributed by atoms with van der Waals surface area (Å²) in [5.74, 6) is 0.830. The summed E-state index contributed by atoms with van der Waals surface area (Å²) in [4.78, 5) is 0. The molecule has 0 aliphatic heterocycles. The Kier molecular flexibility index (Phi) is 5.02. The van der Waals surface area contributed by atoms with Crippen LogP contribution in [0.2, 0.25) is 0 Å². The van der Waals surface area contributed by atoms with E-state index in [0.29, 0.717) is 6.61 Å². The summed E-state index contributed by atoms with van der Waals surface area (Å²) in [5, 5.41) is 0.